The third-order valence-corrected chi connectivity index (χ3v) is 3.32. The number of hydrogen-bond acceptors (Lipinski definition) is 7. The average molecular weight is 306 g/mol. The number of nitrogen functional groups attached to an aromatic ring is 1. The Morgan fingerprint density at radius 3 is 2.56 bits per heavy atom. The molecule has 10 heteroatoms. The first-order valence-electron chi connectivity index (χ1n) is 4.51. The van der Waals surface area contributed by atoms with Crippen molar-refractivity contribution in [1.29, 1.82) is 0 Å². The summed E-state index contributed by atoms with van der Waals surface area (Å²) in [5, 5.41) is 10.8. The van der Waals surface area contributed by atoms with Crippen LogP contribution in [-0.2, 0) is 0 Å². The summed E-state index contributed by atoms with van der Waals surface area (Å²) in [6.07, 6.45) is 0. The number of nitrogens with two attached hydrogens (primary N) is 1. The van der Waals surface area contributed by atoms with E-state index in [9.17, 15) is 10.1 Å². The zero-order valence-corrected chi connectivity index (χ0v) is 11.2. The Kier molecular flexibility index (Phi) is 3.33. The summed E-state index contributed by atoms with van der Waals surface area (Å²) >= 11 is 12.4. The molecule has 2 aromatic heterocycles. The molecule has 0 aromatic carbocycles. The van der Waals surface area contributed by atoms with Crippen LogP contribution in [-0.4, -0.2) is 19.3 Å². The molecule has 0 bridgehead atoms. The summed E-state index contributed by atoms with van der Waals surface area (Å²) in [6.45, 7) is 1.66. The van der Waals surface area contributed by atoms with Gasteiger partial charge < -0.3 is 5.73 Å². The highest BCUT2D eigenvalue weighted by atomic mass is 35.5. The van der Waals surface area contributed by atoms with Crippen LogP contribution in [0.25, 0.3) is 11.3 Å². The molecule has 0 atom stereocenters. The maximum atomic E-state index is 11.0. The Bertz CT molecular complexity index is 625. The van der Waals surface area contributed by atoms with Gasteiger partial charge in [-0.15, -0.1) is 0 Å². The molecule has 0 fully saturated rings. The number of hydrogen-bond donors (Lipinski definition) is 1. The van der Waals surface area contributed by atoms with Crippen LogP contribution in [0.1, 0.15) is 5.69 Å². The Hall–Kier alpha value is -1.51. The van der Waals surface area contributed by atoms with Crippen LogP contribution in [0.4, 0.5) is 10.7 Å². The van der Waals surface area contributed by atoms with Crippen molar-refractivity contribution in [2.24, 2.45) is 0 Å². The second-order valence-corrected chi connectivity index (χ2v) is 4.75. The lowest BCUT2D eigenvalue weighted by atomic mass is 10.1. The Balaban J connectivity index is 2.82. The quantitative estimate of drug-likeness (QED) is 0.395. The van der Waals surface area contributed by atoms with E-state index in [2.05, 4.69) is 14.3 Å². The summed E-state index contributed by atoms with van der Waals surface area (Å²) in [5.41, 5.74) is 6.15. The number of aromatic nitrogens is 3. The van der Waals surface area contributed by atoms with Crippen LogP contribution in [0, 0.1) is 17.0 Å². The van der Waals surface area contributed by atoms with Crippen LogP contribution < -0.4 is 5.73 Å². The average Bonchev–Trinajstić information content (AvgIpc) is 2.56. The van der Waals surface area contributed by atoms with Gasteiger partial charge in [0, 0.05) is 0 Å². The molecule has 94 valence electrons. The Labute approximate surface area is 115 Å². The fourth-order valence-electron chi connectivity index (χ4n) is 1.41. The number of aryl methyl sites for hydroxylation is 1. The zero-order valence-electron chi connectivity index (χ0n) is 8.85. The van der Waals surface area contributed by atoms with Gasteiger partial charge in [0.15, 0.2) is 5.69 Å². The molecule has 0 aliphatic heterocycles. The SMILES string of the molecule is Cc1nsc(N)c1-c1nc(Cl)nc(Cl)c1[N+](=O)[O-]. The number of nitrogens with zero attached hydrogens (tertiary/aromatic N) is 4. The highest BCUT2D eigenvalue weighted by Gasteiger charge is 2.28. The Morgan fingerprint density at radius 2 is 2.06 bits per heavy atom. The number of rotatable bonds is 2. The normalized spacial score (nSPS) is 10.6. The van der Waals surface area contributed by atoms with Gasteiger partial charge in [-0.1, -0.05) is 11.6 Å². The molecule has 0 saturated heterocycles. The third kappa shape index (κ3) is 2.09. The summed E-state index contributed by atoms with van der Waals surface area (Å²) in [6, 6.07) is 0. The molecule has 0 spiro atoms. The van der Waals surface area contributed by atoms with Gasteiger partial charge in [0.2, 0.25) is 10.4 Å². The first-order chi connectivity index (χ1) is 8.41. The van der Waals surface area contributed by atoms with E-state index >= 15 is 0 Å². The molecular formula is C8H5Cl2N5O2S. The standard InChI is InChI=1S/C8H5Cl2N5O2S/c1-2-3(7(11)18-14-2)4-5(15(16)17)6(9)13-8(10)12-4/h11H2,1H3. The molecule has 0 aliphatic rings. The van der Waals surface area contributed by atoms with E-state index in [4.69, 9.17) is 28.9 Å². The molecule has 2 rings (SSSR count). The highest BCUT2D eigenvalue weighted by Crippen LogP contribution is 2.39. The second kappa shape index (κ2) is 4.63. The molecule has 0 aliphatic carbocycles. The lowest BCUT2D eigenvalue weighted by Crippen LogP contribution is -2.00. The van der Waals surface area contributed by atoms with E-state index in [0.717, 1.165) is 11.5 Å². The van der Waals surface area contributed by atoms with Crippen LogP contribution in [0.15, 0.2) is 0 Å². The maximum Gasteiger partial charge on any atom is 0.332 e. The monoisotopic (exact) mass is 305 g/mol. The van der Waals surface area contributed by atoms with Gasteiger partial charge in [-0.25, -0.2) is 4.98 Å². The fourth-order valence-corrected chi connectivity index (χ4v) is 2.53. The summed E-state index contributed by atoms with van der Waals surface area (Å²) in [5.74, 6) is 0. The molecule has 0 amide bonds. The van der Waals surface area contributed by atoms with E-state index in [1.165, 1.54) is 0 Å². The molecule has 2 aromatic rings. The predicted octanol–water partition coefficient (Wildman–Crippen LogP) is 2.71. The lowest BCUT2D eigenvalue weighted by molar-refractivity contribution is -0.384. The first-order valence-corrected chi connectivity index (χ1v) is 6.04. The summed E-state index contributed by atoms with van der Waals surface area (Å²) in [7, 11) is 0. The van der Waals surface area contributed by atoms with Crippen molar-refractivity contribution in [2.75, 3.05) is 5.73 Å². The van der Waals surface area contributed by atoms with E-state index in [0.29, 0.717) is 16.3 Å². The van der Waals surface area contributed by atoms with Gasteiger partial charge >= 0.3 is 5.69 Å². The molecule has 2 heterocycles. The first kappa shape index (κ1) is 12.9. The second-order valence-electron chi connectivity index (χ2n) is 3.25. The van der Waals surface area contributed by atoms with Gasteiger partial charge in [0.25, 0.3) is 0 Å². The minimum Gasteiger partial charge on any atom is -0.389 e. The van der Waals surface area contributed by atoms with E-state index < -0.39 is 10.6 Å². The van der Waals surface area contributed by atoms with E-state index in [1.807, 2.05) is 0 Å². The maximum absolute atomic E-state index is 11.0. The van der Waals surface area contributed by atoms with Gasteiger partial charge in [0.1, 0.15) is 5.00 Å². The van der Waals surface area contributed by atoms with Crippen molar-refractivity contribution in [1.82, 2.24) is 14.3 Å². The largest absolute Gasteiger partial charge is 0.389 e. The number of anilines is 1. The minimum atomic E-state index is -0.676. The molecular weight excluding hydrogens is 301 g/mol. The van der Waals surface area contributed by atoms with Gasteiger partial charge in [-0.3, -0.25) is 10.1 Å². The molecule has 2 N–H and O–H groups in total. The van der Waals surface area contributed by atoms with Crippen molar-refractivity contribution in [3.05, 3.63) is 26.2 Å². The third-order valence-electron chi connectivity index (χ3n) is 2.12. The van der Waals surface area contributed by atoms with Gasteiger partial charge in [-0.2, -0.15) is 9.36 Å². The smallest absolute Gasteiger partial charge is 0.332 e. The number of nitro groups is 1. The van der Waals surface area contributed by atoms with Crippen molar-refractivity contribution >= 4 is 45.4 Å². The Morgan fingerprint density at radius 1 is 1.39 bits per heavy atom. The van der Waals surface area contributed by atoms with Crippen LogP contribution in [0.3, 0.4) is 0 Å². The van der Waals surface area contributed by atoms with Crippen molar-refractivity contribution in [2.45, 2.75) is 6.92 Å². The number of halogens is 2. The molecule has 0 unspecified atom stereocenters. The van der Waals surface area contributed by atoms with Crippen LogP contribution in [0.2, 0.25) is 10.4 Å². The van der Waals surface area contributed by atoms with Crippen LogP contribution in [0.5, 0.6) is 0 Å². The van der Waals surface area contributed by atoms with E-state index in [1.54, 1.807) is 6.92 Å². The lowest BCUT2D eigenvalue weighted by Gasteiger charge is -2.03. The molecule has 7 nitrogen and oxygen atoms in total. The van der Waals surface area contributed by atoms with Crippen molar-refractivity contribution < 1.29 is 4.92 Å². The molecule has 0 radical (unpaired) electrons. The highest BCUT2D eigenvalue weighted by molar-refractivity contribution is 7.10. The van der Waals surface area contributed by atoms with E-state index in [-0.39, 0.29) is 16.1 Å². The summed E-state index contributed by atoms with van der Waals surface area (Å²) in [4.78, 5) is 17.7. The topological polar surface area (TPSA) is 108 Å². The van der Waals surface area contributed by atoms with Crippen molar-refractivity contribution in [3.8, 4) is 11.3 Å². The van der Waals surface area contributed by atoms with Crippen molar-refractivity contribution in [3.63, 3.8) is 0 Å². The zero-order chi connectivity index (χ0) is 13.4. The molecule has 0 saturated carbocycles. The van der Waals surface area contributed by atoms with Gasteiger partial charge in [-0.05, 0) is 30.1 Å². The predicted molar refractivity (Wildman–Crippen MR) is 69.0 cm³/mol. The minimum absolute atomic E-state index is 0.0197. The van der Waals surface area contributed by atoms with Gasteiger partial charge in [0.05, 0.1) is 16.2 Å². The summed E-state index contributed by atoms with van der Waals surface area (Å²) < 4.78 is 4.00. The fraction of sp³-hybridized carbons (Fsp3) is 0.125. The van der Waals surface area contributed by atoms with Crippen LogP contribution >= 0.6 is 34.7 Å². The molecule has 18 heavy (non-hydrogen) atoms.